The molecular weight excluding hydrogens is 318 g/mol. The number of phenols is 1. The molecular formula is C18H15N5O2. The fourth-order valence-electron chi connectivity index (χ4n) is 2.13. The van der Waals surface area contributed by atoms with E-state index in [0.29, 0.717) is 17.2 Å². The van der Waals surface area contributed by atoms with Crippen LogP contribution in [0.2, 0.25) is 0 Å². The molecule has 0 aliphatic carbocycles. The van der Waals surface area contributed by atoms with Crippen molar-refractivity contribution in [3.63, 3.8) is 0 Å². The average molecular weight is 333 g/mol. The first-order chi connectivity index (χ1) is 12.2. The summed E-state index contributed by atoms with van der Waals surface area (Å²) in [5.41, 5.74) is 1.88. The molecule has 3 rings (SSSR count). The minimum atomic E-state index is 0.183. The second-order valence-electron chi connectivity index (χ2n) is 5.11. The fraction of sp³-hybridized carbons (Fsp3) is 0.0556. The number of ether oxygens (including phenoxy) is 1. The van der Waals surface area contributed by atoms with E-state index in [1.807, 2.05) is 24.3 Å². The molecule has 25 heavy (non-hydrogen) atoms. The van der Waals surface area contributed by atoms with Crippen molar-refractivity contribution in [2.45, 2.75) is 0 Å². The summed E-state index contributed by atoms with van der Waals surface area (Å²) in [6.07, 6.45) is 1.59. The van der Waals surface area contributed by atoms with Gasteiger partial charge in [0.25, 0.3) is 0 Å². The van der Waals surface area contributed by atoms with Gasteiger partial charge in [0.1, 0.15) is 23.1 Å². The molecule has 0 saturated carbocycles. The molecule has 0 amide bonds. The summed E-state index contributed by atoms with van der Waals surface area (Å²) < 4.78 is 5.11. The van der Waals surface area contributed by atoms with Crippen LogP contribution < -0.4 is 10.1 Å². The van der Waals surface area contributed by atoms with Crippen LogP contribution >= 0.6 is 0 Å². The molecule has 0 saturated heterocycles. The van der Waals surface area contributed by atoms with Crippen LogP contribution in [0.3, 0.4) is 0 Å². The highest BCUT2D eigenvalue weighted by atomic mass is 16.5. The number of aromatic amines is 1. The Morgan fingerprint density at radius 3 is 2.56 bits per heavy atom. The Kier molecular flexibility index (Phi) is 4.62. The molecule has 2 aromatic carbocycles. The van der Waals surface area contributed by atoms with Crippen LogP contribution in [0.25, 0.3) is 0 Å². The third-order valence-electron chi connectivity index (χ3n) is 3.45. The van der Waals surface area contributed by atoms with Crippen LogP contribution in [-0.4, -0.2) is 28.6 Å². The highest BCUT2D eigenvalue weighted by molar-refractivity contribution is 5.83. The Morgan fingerprint density at radius 1 is 1.20 bits per heavy atom. The SMILES string of the molecule is COc1ccc(Nc2n[nH]c(/N=C/c3ccc(O)cc3)c2C#N)cc1. The molecule has 0 spiro atoms. The minimum absolute atomic E-state index is 0.183. The van der Waals surface area contributed by atoms with Gasteiger partial charge in [-0.15, -0.1) is 0 Å². The van der Waals surface area contributed by atoms with E-state index in [1.165, 1.54) is 0 Å². The van der Waals surface area contributed by atoms with Crippen LogP contribution in [-0.2, 0) is 0 Å². The number of aromatic hydroxyl groups is 1. The molecule has 1 heterocycles. The summed E-state index contributed by atoms with van der Waals surface area (Å²) in [5.74, 6) is 1.67. The second-order valence-corrected chi connectivity index (χ2v) is 5.11. The van der Waals surface area contributed by atoms with Gasteiger partial charge in [0.2, 0.25) is 0 Å². The third kappa shape index (κ3) is 3.76. The summed E-state index contributed by atoms with van der Waals surface area (Å²) in [6.45, 7) is 0. The number of rotatable bonds is 5. The summed E-state index contributed by atoms with van der Waals surface area (Å²) >= 11 is 0. The highest BCUT2D eigenvalue weighted by Crippen LogP contribution is 2.26. The molecule has 1 aromatic heterocycles. The van der Waals surface area contributed by atoms with Gasteiger partial charge in [-0.2, -0.15) is 10.4 Å². The predicted molar refractivity (Wildman–Crippen MR) is 94.9 cm³/mol. The number of aromatic nitrogens is 2. The van der Waals surface area contributed by atoms with Gasteiger partial charge in [0.05, 0.1) is 7.11 Å². The number of H-pyrrole nitrogens is 1. The number of nitrogens with zero attached hydrogens (tertiary/aromatic N) is 3. The number of methoxy groups -OCH3 is 1. The number of hydrogen-bond donors (Lipinski definition) is 3. The standard InChI is InChI=1S/C18H15N5O2/c1-25-15-8-4-13(5-9-15)21-18-16(10-19)17(22-23-18)20-11-12-2-6-14(24)7-3-12/h2-9,11,24H,1H3,(H2,21,22,23)/b20-11+. The number of phenolic OH excluding ortho intramolecular Hbond substituents is 1. The molecule has 0 unspecified atom stereocenters. The van der Waals surface area contributed by atoms with E-state index in [4.69, 9.17) is 4.74 Å². The van der Waals surface area contributed by atoms with Crippen molar-refractivity contribution in [3.8, 4) is 17.6 Å². The van der Waals surface area contributed by atoms with Crippen molar-refractivity contribution >= 4 is 23.5 Å². The van der Waals surface area contributed by atoms with E-state index in [-0.39, 0.29) is 5.75 Å². The number of nitriles is 1. The van der Waals surface area contributed by atoms with Gasteiger partial charge >= 0.3 is 0 Å². The lowest BCUT2D eigenvalue weighted by Crippen LogP contribution is -1.93. The topological polar surface area (TPSA) is 106 Å². The maximum atomic E-state index is 9.40. The number of nitrogens with one attached hydrogen (secondary N) is 2. The molecule has 0 aliphatic heterocycles. The lowest BCUT2D eigenvalue weighted by atomic mass is 10.2. The molecule has 3 N–H and O–H groups in total. The Morgan fingerprint density at radius 2 is 1.92 bits per heavy atom. The molecule has 7 heteroatoms. The van der Waals surface area contributed by atoms with E-state index in [2.05, 4.69) is 26.6 Å². The molecule has 7 nitrogen and oxygen atoms in total. The lowest BCUT2D eigenvalue weighted by Gasteiger charge is -2.04. The Labute approximate surface area is 144 Å². The van der Waals surface area contributed by atoms with Crippen LogP contribution in [0.4, 0.5) is 17.3 Å². The predicted octanol–water partition coefficient (Wildman–Crippen LogP) is 3.49. The number of hydrogen-bond acceptors (Lipinski definition) is 6. The van der Waals surface area contributed by atoms with Gasteiger partial charge in [0, 0.05) is 11.9 Å². The van der Waals surface area contributed by atoms with E-state index in [1.54, 1.807) is 37.6 Å². The van der Waals surface area contributed by atoms with Gasteiger partial charge in [-0.1, -0.05) is 0 Å². The van der Waals surface area contributed by atoms with E-state index in [0.717, 1.165) is 17.0 Å². The van der Waals surface area contributed by atoms with Crippen molar-refractivity contribution < 1.29 is 9.84 Å². The zero-order valence-corrected chi connectivity index (χ0v) is 13.4. The average Bonchev–Trinajstić information content (AvgIpc) is 3.03. The largest absolute Gasteiger partial charge is 0.508 e. The monoisotopic (exact) mass is 333 g/mol. The maximum absolute atomic E-state index is 9.40. The Hall–Kier alpha value is -3.79. The van der Waals surface area contributed by atoms with Crippen LogP contribution in [0.15, 0.2) is 53.5 Å². The molecule has 0 fully saturated rings. The molecule has 124 valence electrons. The molecule has 0 radical (unpaired) electrons. The van der Waals surface area contributed by atoms with Gasteiger partial charge in [-0.3, -0.25) is 5.10 Å². The van der Waals surface area contributed by atoms with Crippen LogP contribution in [0.5, 0.6) is 11.5 Å². The summed E-state index contributed by atoms with van der Waals surface area (Å²) in [7, 11) is 1.60. The minimum Gasteiger partial charge on any atom is -0.508 e. The van der Waals surface area contributed by atoms with Crippen molar-refractivity contribution in [2.24, 2.45) is 4.99 Å². The first-order valence-corrected chi connectivity index (χ1v) is 7.42. The second kappa shape index (κ2) is 7.19. The zero-order valence-electron chi connectivity index (χ0n) is 13.4. The van der Waals surface area contributed by atoms with E-state index >= 15 is 0 Å². The maximum Gasteiger partial charge on any atom is 0.172 e. The highest BCUT2D eigenvalue weighted by Gasteiger charge is 2.12. The molecule has 0 atom stereocenters. The van der Waals surface area contributed by atoms with Crippen molar-refractivity contribution in [2.75, 3.05) is 12.4 Å². The van der Waals surface area contributed by atoms with Gasteiger partial charge in [-0.25, -0.2) is 4.99 Å². The summed E-state index contributed by atoms with van der Waals surface area (Å²) in [4.78, 5) is 4.26. The summed E-state index contributed by atoms with van der Waals surface area (Å²) in [6, 6.07) is 15.9. The van der Waals surface area contributed by atoms with Crippen LogP contribution in [0, 0.1) is 11.3 Å². The quantitative estimate of drug-likeness (QED) is 0.620. The number of benzene rings is 2. The third-order valence-corrected chi connectivity index (χ3v) is 3.45. The zero-order chi connectivity index (χ0) is 17.6. The number of anilines is 2. The Balaban J connectivity index is 1.80. The lowest BCUT2D eigenvalue weighted by molar-refractivity contribution is 0.415. The smallest absolute Gasteiger partial charge is 0.172 e. The number of aliphatic imine (C=N–C) groups is 1. The van der Waals surface area contributed by atoms with Crippen molar-refractivity contribution in [3.05, 3.63) is 59.7 Å². The van der Waals surface area contributed by atoms with E-state index in [9.17, 15) is 10.4 Å². The first-order valence-electron chi connectivity index (χ1n) is 7.42. The summed E-state index contributed by atoms with van der Waals surface area (Å²) in [5, 5.41) is 28.6. The van der Waals surface area contributed by atoms with Gasteiger partial charge in [-0.05, 0) is 54.1 Å². The molecule has 3 aromatic rings. The normalized spacial score (nSPS) is 10.6. The van der Waals surface area contributed by atoms with Gasteiger partial charge < -0.3 is 15.2 Å². The Bertz CT molecular complexity index is 922. The van der Waals surface area contributed by atoms with E-state index < -0.39 is 0 Å². The molecule has 0 aliphatic rings. The van der Waals surface area contributed by atoms with Gasteiger partial charge in [0.15, 0.2) is 11.6 Å². The van der Waals surface area contributed by atoms with Crippen molar-refractivity contribution in [1.29, 1.82) is 5.26 Å². The van der Waals surface area contributed by atoms with Crippen molar-refractivity contribution in [1.82, 2.24) is 10.2 Å². The molecule has 0 bridgehead atoms. The van der Waals surface area contributed by atoms with Crippen LogP contribution in [0.1, 0.15) is 11.1 Å². The fourth-order valence-corrected chi connectivity index (χ4v) is 2.13. The first kappa shape index (κ1) is 16.1.